The minimum absolute atomic E-state index is 0.573. The maximum absolute atomic E-state index is 5.62. The van der Waals surface area contributed by atoms with Crippen molar-refractivity contribution >= 4 is 0 Å². The van der Waals surface area contributed by atoms with Gasteiger partial charge in [-0.3, -0.25) is 0 Å². The summed E-state index contributed by atoms with van der Waals surface area (Å²) in [5.74, 6) is 0. The summed E-state index contributed by atoms with van der Waals surface area (Å²) in [6.07, 6.45) is 13.5. The Labute approximate surface area is 198 Å². The van der Waals surface area contributed by atoms with Crippen molar-refractivity contribution in [3.8, 4) is 0 Å². The Bertz CT molecular complexity index is 293. The molecule has 0 spiro atoms. The molecule has 0 amide bonds. The number of unbranched alkanes of at least 4 members (excludes halogenated alkanes) is 9. The van der Waals surface area contributed by atoms with Crippen LogP contribution in [0.4, 0.5) is 0 Å². The first kappa shape index (κ1) is 31.7. The summed E-state index contributed by atoms with van der Waals surface area (Å²) in [7, 11) is 1.91. The molecule has 0 saturated carbocycles. The maximum Gasteiger partial charge on any atom is 0.0701 e. The van der Waals surface area contributed by atoms with E-state index in [9.17, 15) is 0 Å². The van der Waals surface area contributed by atoms with Gasteiger partial charge < -0.3 is 33.7 Å². The van der Waals surface area contributed by atoms with Crippen LogP contribution in [0.2, 0.25) is 0 Å². The lowest BCUT2D eigenvalue weighted by Gasteiger charge is -2.08. The van der Waals surface area contributed by atoms with E-state index in [2.05, 4.69) is 12.2 Å². The Morgan fingerprint density at radius 2 is 0.688 bits per heavy atom. The lowest BCUT2D eigenvalue weighted by Crippen LogP contribution is -2.17. The summed E-state index contributed by atoms with van der Waals surface area (Å²) in [5.41, 5.74) is 0. The Morgan fingerprint density at radius 1 is 0.375 bits per heavy atom. The van der Waals surface area contributed by atoms with Crippen molar-refractivity contribution in [2.24, 2.45) is 0 Å². The van der Waals surface area contributed by atoms with Crippen molar-refractivity contribution < 1.29 is 28.4 Å². The van der Waals surface area contributed by atoms with Crippen LogP contribution in [0.5, 0.6) is 0 Å². The molecule has 0 bridgehead atoms. The van der Waals surface area contributed by atoms with Gasteiger partial charge >= 0.3 is 0 Å². The molecule has 0 rings (SSSR count). The van der Waals surface area contributed by atoms with Gasteiger partial charge in [0.1, 0.15) is 0 Å². The summed E-state index contributed by atoms with van der Waals surface area (Å²) in [6.45, 7) is 10.7. The van der Waals surface area contributed by atoms with E-state index in [0.29, 0.717) is 72.7 Å². The van der Waals surface area contributed by atoms with Gasteiger partial charge in [-0.25, -0.2) is 0 Å². The fourth-order valence-electron chi connectivity index (χ4n) is 3.07. The highest BCUT2D eigenvalue weighted by molar-refractivity contribution is 4.47. The van der Waals surface area contributed by atoms with Gasteiger partial charge in [-0.1, -0.05) is 64.7 Å². The van der Waals surface area contributed by atoms with Gasteiger partial charge in [0.2, 0.25) is 0 Å². The zero-order valence-electron chi connectivity index (χ0n) is 21.2. The molecule has 0 aliphatic carbocycles. The molecule has 0 saturated heterocycles. The van der Waals surface area contributed by atoms with Crippen LogP contribution >= 0.6 is 0 Å². The molecule has 0 aromatic rings. The highest BCUT2D eigenvalue weighted by Crippen LogP contribution is 2.10. The molecule has 1 N–H and O–H groups in total. The van der Waals surface area contributed by atoms with Crippen molar-refractivity contribution in [1.29, 1.82) is 0 Å². The summed E-state index contributed by atoms with van der Waals surface area (Å²) in [5, 5.41) is 3.03. The minimum Gasteiger partial charge on any atom is -0.379 e. The van der Waals surface area contributed by atoms with E-state index in [0.717, 1.165) is 19.6 Å². The van der Waals surface area contributed by atoms with Crippen LogP contribution in [0, 0.1) is 0 Å². The quantitative estimate of drug-likeness (QED) is 0.167. The van der Waals surface area contributed by atoms with Crippen LogP contribution in [-0.4, -0.2) is 92.9 Å². The predicted molar refractivity (Wildman–Crippen MR) is 131 cm³/mol. The second-order valence-corrected chi connectivity index (χ2v) is 7.96. The highest BCUT2D eigenvalue weighted by atomic mass is 16.6. The van der Waals surface area contributed by atoms with Crippen LogP contribution in [-0.2, 0) is 28.4 Å². The first-order chi connectivity index (χ1) is 15.9. The monoisotopic (exact) mass is 463 g/mol. The standard InChI is InChI=1S/C25H53NO6/c1-3-4-5-6-7-8-9-10-11-12-14-27-16-18-29-20-22-31-24-25-32-23-21-30-19-17-28-15-13-26-2/h26H,3-25H2,1-2H3. The third-order valence-corrected chi connectivity index (χ3v) is 5.00. The van der Waals surface area contributed by atoms with Crippen LogP contribution < -0.4 is 5.32 Å². The summed E-state index contributed by atoms with van der Waals surface area (Å²) in [6, 6.07) is 0. The van der Waals surface area contributed by atoms with E-state index < -0.39 is 0 Å². The van der Waals surface area contributed by atoms with Gasteiger partial charge in [0.25, 0.3) is 0 Å². The fraction of sp³-hybridized carbons (Fsp3) is 1.00. The molecular weight excluding hydrogens is 410 g/mol. The largest absolute Gasteiger partial charge is 0.379 e. The molecule has 0 atom stereocenters. The van der Waals surface area contributed by atoms with E-state index in [1.165, 1.54) is 57.8 Å². The van der Waals surface area contributed by atoms with Gasteiger partial charge in [0.05, 0.1) is 72.7 Å². The van der Waals surface area contributed by atoms with Gasteiger partial charge in [-0.05, 0) is 13.5 Å². The third kappa shape index (κ3) is 29.7. The number of likely N-dealkylation sites (N-methyl/N-ethyl adjacent to an activating group) is 1. The number of hydrogen-bond donors (Lipinski definition) is 1. The molecular formula is C25H53NO6. The van der Waals surface area contributed by atoms with E-state index in [-0.39, 0.29) is 0 Å². The summed E-state index contributed by atoms with van der Waals surface area (Å²) >= 11 is 0. The van der Waals surface area contributed by atoms with Crippen molar-refractivity contribution in [3.63, 3.8) is 0 Å². The molecule has 194 valence electrons. The van der Waals surface area contributed by atoms with Crippen molar-refractivity contribution in [3.05, 3.63) is 0 Å². The molecule has 0 fully saturated rings. The molecule has 7 nitrogen and oxygen atoms in total. The van der Waals surface area contributed by atoms with E-state index in [4.69, 9.17) is 28.4 Å². The van der Waals surface area contributed by atoms with Crippen LogP contribution in [0.1, 0.15) is 71.1 Å². The smallest absolute Gasteiger partial charge is 0.0701 e. The molecule has 0 unspecified atom stereocenters. The molecule has 0 radical (unpaired) electrons. The first-order valence-corrected chi connectivity index (χ1v) is 13.0. The lowest BCUT2D eigenvalue weighted by molar-refractivity contribution is -0.0166. The number of rotatable bonds is 29. The van der Waals surface area contributed by atoms with E-state index >= 15 is 0 Å². The highest BCUT2D eigenvalue weighted by Gasteiger charge is 1.95. The molecule has 7 heteroatoms. The Balaban J connectivity index is 2.98. The van der Waals surface area contributed by atoms with Gasteiger partial charge in [0, 0.05) is 13.2 Å². The zero-order chi connectivity index (χ0) is 23.2. The van der Waals surface area contributed by atoms with E-state index in [1.807, 2.05) is 7.05 Å². The average molecular weight is 464 g/mol. The molecule has 0 aromatic heterocycles. The van der Waals surface area contributed by atoms with Crippen molar-refractivity contribution in [2.75, 3.05) is 92.9 Å². The molecule has 0 heterocycles. The maximum atomic E-state index is 5.62. The van der Waals surface area contributed by atoms with Crippen LogP contribution in [0.25, 0.3) is 0 Å². The van der Waals surface area contributed by atoms with Crippen LogP contribution in [0.15, 0.2) is 0 Å². The molecule has 0 aromatic carbocycles. The minimum atomic E-state index is 0.573. The van der Waals surface area contributed by atoms with E-state index in [1.54, 1.807) is 0 Å². The second kappa shape index (κ2) is 30.7. The van der Waals surface area contributed by atoms with Crippen LogP contribution in [0.3, 0.4) is 0 Å². The number of ether oxygens (including phenoxy) is 6. The molecule has 0 aliphatic heterocycles. The van der Waals surface area contributed by atoms with Gasteiger partial charge in [-0.15, -0.1) is 0 Å². The predicted octanol–water partition coefficient (Wildman–Crippen LogP) is 4.23. The van der Waals surface area contributed by atoms with Crippen molar-refractivity contribution in [1.82, 2.24) is 5.32 Å². The molecule has 32 heavy (non-hydrogen) atoms. The zero-order valence-corrected chi connectivity index (χ0v) is 21.2. The Kier molecular flexibility index (Phi) is 30.5. The summed E-state index contributed by atoms with van der Waals surface area (Å²) < 4.78 is 32.8. The SMILES string of the molecule is CCCCCCCCCCCCOCCOCCOCCOCCOCCOCCNC. The number of hydrogen-bond acceptors (Lipinski definition) is 7. The number of nitrogens with one attached hydrogen (secondary N) is 1. The molecule has 0 aliphatic rings. The van der Waals surface area contributed by atoms with Crippen molar-refractivity contribution in [2.45, 2.75) is 71.1 Å². The Morgan fingerprint density at radius 3 is 1.06 bits per heavy atom. The topological polar surface area (TPSA) is 67.4 Å². The van der Waals surface area contributed by atoms with Gasteiger partial charge in [-0.2, -0.15) is 0 Å². The summed E-state index contributed by atoms with van der Waals surface area (Å²) in [4.78, 5) is 0. The fourth-order valence-corrected chi connectivity index (χ4v) is 3.07. The Hall–Kier alpha value is -0.280. The van der Waals surface area contributed by atoms with Gasteiger partial charge in [0.15, 0.2) is 0 Å². The third-order valence-electron chi connectivity index (χ3n) is 5.00. The average Bonchev–Trinajstić information content (AvgIpc) is 2.81. The normalized spacial score (nSPS) is 11.4. The lowest BCUT2D eigenvalue weighted by atomic mass is 10.1. The second-order valence-electron chi connectivity index (χ2n) is 7.96. The first-order valence-electron chi connectivity index (χ1n) is 13.0.